The van der Waals surface area contributed by atoms with Gasteiger partial charge in [0.25, 0.3) is 5.91 Å². The molecule has 0 bridgehead atoms. The second-order valence-corrected chi connectivity index (χ2v) is 28.5. The summed E-state index contributed by atoms with van der Waals surface area (Å²) in [6.07, 6.45) is 33.9. The maximum Gasteiger partial charge on any atom is 0.336 e. The third-order valence-electron chi connectivity index (χ3n) is 22.5. The van der Waals surface area contributed by atoms with Crippen molar-refractivity contribution in [1.82, 2.24) is 10.2 Å². The van der Waals surface area contributed by atoms with Crippen LogP contribution in [0.2, 0.25) is 0 Å². The van der Waals surface area contributed by atoms with Crippen LogP contribution in [0.5, 0.6) is 5.75 Å². The molecule has 0 spiro atoms. The van der Waals surface area contributed by atoms with Gasteiger partial charge in [-0.3, -0.25) is 14.4 Å². The van der Waals surface area contributed by atoms with E-state index in [1.54, 1.807) is 24.3 Å². The van der Waals surface area contributed by atoms with Crippen molar-refractivity contribution in [3.8, 4) is 28.2 Å². The number of fused-ring (bicyclic) bond motifs is 7. The van der Waals surface area contributed by atoms with Gasteiger partial charge < -0.3 is 56.3 Å². The van der Waals surface area contributed by atoms with E-state index in [2.05, 4.69) is 37.9 Å². The number of carboxylic acid groups (broad SMARTS) is 1. The van der Waals surface area contributed by atoms with Crippen molar-refractivity contribution in [3.63, 3.8) is 0 Å². The number of amides is 2. The van der Waals surface area contributed by atoms with Gasteiger partial charge in [-0.05, 0) is 199 Å². The molecule has 1 heterocycles. The minimum atomic E-state index is -1.22. The molecule has 4 saturated carbocycles. The van der Waals surface area contributed by atoms with Gasteiger partial charge in [0.1, 0.15) is 17.1 Å². The number of aromatic carboxylic acids is 1. The molecule has 1 aliphatic heterocycles. The third-order valence-corrected chi connectivity index (χ3v) is 22.5. The molecule has 11 atom stereocenters. The van der Waals surface area contributed by atoms with Crippen molar-refractivity contribution < 1.29 is 43.2 Å². The van der Waals surface area contributed by atoms with Gasteiger partial charge in [-0.25, -0.2) is 4.79 Å². The molecule has 4 fully saturated rings. The van der Waals surface area contributed by atoms with Gasteiger partial charge in [-0.1, -0.05) is 124 Å². The molecule has 0 radical (unpaired) electrons. The molecule has 8 rings (SSSR count). The molecule has 2 amide bonds. The molecule has 9 N–H and O–H groups in total. The largest absolute Gasteiger partial charge is 0.508 e. The quantitative estimate of drug-likeness (QED) is 0.0179. The molecule has 15 heteroatoms. The lowest BCUT2D eigenvalue weighted by molar-refractivity contribution is -0.227. The maximum absolute atomic E-state index is 14.3. The Bertz CT molecular complexity index is 2920. The van der Waals surface area contributed by atoms with Gasteiger partial charge in [-0.2, -0.15) is 0 Å². The zero-order valence-electron chi connectivity index (χ0n) is 56.3. The number of ether oxygens (including phenoxy) is 3. The molecule has 15 nitrogen and oxygen atoms in total. The molecule has 5 aliphatic carbocycles. The zero-order valence-corrected chi connectivity index (χ0v) is 56.3. The number of rotatable bonds is 41. The topological polar surface area (TPSA) is 243 Å². The second kappa shape index (κ2) is 36.1. The Kier molecular flexibility index (Phi) is 28.5. The van der Waals surface area contributed by atoms with Crippen LogP contribution >= 0.6 is 0 Å². The van der Waals surface area contributed by atoms with Gasteiger partial charge in [0, 0.05) is 85.5 Å². The van der Waals surface area contributed by atoms with Crippen molar-refractivity contribution >= 4 is 28.8 Å². The van der Waals surface area contributed by atoms with Crippen LogP contribution in [0, 0.1) is 46.3 Å². The van der Waals surface area contributed by atoms with Crippen LogP contribution in [0.25, 0.3) is 33.4 Å². The average Bonchev–Trinajstić information content (AvgIpc) is 1.68. The molecule has 0 saturated heterocycles. The highest BCUT2D eigenvalue weighted by molar-refractivity contribution is 6.09. The standard InChI is InChI=1S/C76H117N5O10/c1-5-6-7-8-9-10-11-12-13-14-15-16-17-21-42-81(70(84)27-19-18-20-41-80-73(85)54-28-31-59(62(47-54)74(86)87)71-60-32-29-56(82)50-66(60)91-67-51-57(83)30-33-61(67)71)43-22-26-53(2)63-34-35-64-72-65(52-69(76(63,64)4)90-46-25-40-79)75(3)37-36-58(88-44-23-38-77)48-55(75)49-68(72)89-45-24-39-78/h28-33,47,50-51,53,55,58,63-65,68-69,72,82H,5-27,34-46,48-49,52,77-79H2,1-4H3,(H,80,85)(H,86,87)/t53-,55?,58-,63-,64+,65+,68-,69+,72?,75?,76?/m1/s1. The second-order valence-electron chi connectivity index (χ2n) is 28.5. The first kappa shape index (κ1) is 71.9. The Morgan fingerprint density at radius 3 is 2.03 bits per heavy atom. The molecule has 2 aromatic carbocycles. The Morgan fingerprint density at radius 2 is 1.34 bits per heavy atom. The lowest BCUT2D eigenvalue weighted by Crippen LogP contribution is -2.63. The number of benzene rings is 3. The number of aromatic hydroxyl groups is 1. The summed E-state index contributed by atoms with van der Waals surface area (Å²) >= 11 is 0. The number of hydrogen-bond acceptors (Lipinski definition) is 12. The molecule has 4 unspecified atom stereocenters. The van der Waals surface area contributed by atoms with Gasteiger partial charge in [0.05, 0.1) is 23.9 Å². The molecular weight excluding hydrogens is 1140 g/mol. The van der Waals surface area contributed by atoms with Crippen molar-refractivity contribution in [2.75, 3.05) is 59.1 Å². The third kappa shape index (κ3) is 18.7. The Morgan fingerprint density at radius 1 is 0.692 bits per heavy atom. The Hall–Kier alpha value is -4.90. The van der Waals surface area contributed by atoms with Crippen molar-refractivity contribution in [2.45, 2.75) is 239 Å². The molecule has 91 heavy (non-hydrogen) atoms. The van der Waals surface area contributed by atoms with Crippen LogP contribution in [0.3, 0.4) is 0 Å². The van der Waals surface area contributed by atoms with Crippen molar-refractivity contribution in [2.24, 2.45) is 63.5 Å². The van der Waals surface area contributed by atoms with Crippen LogP contribution in [-0.2, 0) is 19.0 Å². The van der Waals surface area contributed by atoms with Crippen LogP contribution < -0.4 is 27.9 Å². The van der Waals surface area contributed by atoms with Crippen LogP contribution in [-0.4, -0.2) is 110 Å². The fourth-order valence-corrected chi connectivity index (χ4v) is 17.5. The number of phenols is 1. The zero-order chi connectivity index (χ0) is 64.8. The van der Waals surface area contributed by atoms with E-state index in [4.69, 9.17) is 35.8 Å². The van der Waals surface area contributed by atoms with Crippen molar-refractivity contribution in [3.05, 3.63) is 75.9 Å². The summed E-state index contributed by atoms with van der Waals surface area (Å²) in [5.41, 5.74) is 19.8. The van der Waals surface area contributed by atoms with E-state index in [-0.39, 0.29) is 68.7 Å². The number of nitrogens with two attached hydrogens (primary N) is 3. The molecule has 0 aromatic heterocycles. The first-order chi connectivity index (χ1) is 44.2. The molecule has 6 aliphatic rings. The number of carbonyl (C=O) groups excluding carboxylic acids is 2. The van der Waals surface area contributed by atoms with Gasteiger partial charge >= 0.3 is 5.97 Å². The summed E-state index contributed by atoms with van der Waals surface area (Å²) in [4.78, 5) is 55.3. The Labute approximate surface area is 545 Å². The number of carbonyl (C=O) groups is 3. The first-order valence-electron chi connectivity index (χ1n) is 36.2. The summed E-state index contributed by atoms with van der Waals surface area (Å²) < 4.78 is 26.7. The fraction of sp³-hybridized carbons (Fsp3) is 0.711. The highest BCUT2D eigenvalue weighted by Crippen LogP contribution is 2.69. The molecular formula is C76H117N5O10. The van der Waals surface area contributed by atoms with Gasteiger partial charge in [0.2, 0.25) is 5.91 Å². The predicted molar refractivity (Wildman–Crippen MR) is 365 cm³/mol. The monoisotopic (exact) mass is 1260 g/mol. The number of nitrogens with zero attached hydrogens (tertiary/aromatic N) is 1. The van der Waals surface area contributed by atoms with E-state index in [1.807, 2.05) is 0 Å². The van der Waals surface area contributed by atoms with Gasteiger partial charge in [0.15, 0.2) is 5.43 Å². The summed E-state index contributed by atoms with van der Waals surface area (Å²) in [5.74, 6) is 1.79. The average molecular weight is 1260 g/mol. The summed E-state index contributed by atoms with van der Waals surface area (Å²) in [6.45, 7) is 15.9. The van der Waals surface area contributed by atoms with E-state index in [0.29, 0.717) is 116 Å². The van der Waals surface area contributed by atoms with Gasteiger partial charge in [-0.15, -0.1) is 0 Å². The van der Waals surface area contributed by atoms with Crippen LogP contribution in [0.1, 0.15) is 241 Å². The summed E-state index contributed by atoms with van der Waals surface area (Å²) in [5, 5.41) is 24.3. The van der Waals surface area contributed by atoms with Crippen LogP contribution in [0.15, 0.2) is 63.8 Å². The number of nitrogens with one attached hydrogen (secondary N) is 1. The number of hydrogen-bond donors (Lipinski definition) is 6. The SMILES string of the molecule is CCCCCCCCCCCCCCCCN(CCC[C@@H](C)[C@H]1CC[C@H]2C3[C@H](OCCCN)CC4C[C@H](OCCCN)CCC4(C)[C@H]3C[C@H](OCCCN)C12C)C(=O)CCCCCNC(=O)c1ccc(-c2c3ccc(=O)cc-3oc3cc(O)ccc23)c(C(=O)O)c1. The number of carboxylic acids is 1. The number of phenolic OH excluding ortho intramolecular Hbond substituents is 1. The summed E-state index contributed by atoms with van der Waals surface area (Å²) in [6, 6.07) is 13.5. The highest BCUT2D eigenvalue weighted by Gasteiger charge is 2.66. The van der Waals surface area contributed by atoms with E-state index in [0.717, 1.165) is 96.7 Å². The lowest BCUT2D eigenvalue weighted by Gasteiger charge is -2.65. The van der Waals surface area contributed by atoms with E-state index in [9.17, 15) is 29.4 Å². The lowest BCUT2D eigenvalue weighted by atomic mass is 9.43. The normalized spacial score (nSPS) is 24.9. The van der Waals surface area contributed by atoms with Crippen molar-refractivity contribution in [1.29, 1.82) is 0 Å². The first-order valence-corrected chi connectivity index (χ1v) is 36.2. The van der Waals surface area contributed by atoms with Crippen LogP contribution in [0.4, 0.5) is 0 Å². The fourth-order valence-electron chi connectivity index (χ4n) is 17.5. The maximum atomic E-state index is 14.3. The predicted octanol–water partition coefficient (Wildman–Crippen LogP) is 15.1. The smallest absolute Gasteiger partial charge is 0.336 e. The van der Waals surface area contributed by atoms with E-state index < -0.39 is 11.9 Å². The molecule has 2 aromatic rings. The Balaban J connectivity index is 0.876. The highest BCUT2D eigenvalue weighted by atomic mass is 16.5. The van der Waals surface area contributed by atoms with E-state index >= 15 is 0 Å². The van der Waals surface area contributed by atoms with E-state index in [1.165, 1.54) is 127 Å². The summed E-state index contributed by atoms with van der Waals surface area (Å²) in [7, 11) is 0. The minimum absolute atomic E-state index is 0.00511. The number of unbranched alkanes of at least 4 members (excludes halogenated alkanes) is 15. The minimum Gasteiger partial charge on any atom is -0.508 e. The molecule has 506 valence electrons.